The molecule has 1 unspecified atom stereocenters. The Morgan fingerprint density at radius 3 is 2.67 bits per heavy atom. The molecule has 1 heterocycles. The molecule has 86 valence electrons. The van der Waals surface area contributed by atoms with Crippen molar-refractivity contribution in [2.75, 3.05) is 19.7 Å². The van der Waals surface area contributed by atoms with Gasteiger partial charge in [0.2, 0.25) is 0 Å². The number of amidine groups is 1. The van der Waals surface area contributed by atoms with Gasteiger partial charge in [-0.2, -0.15) is 0 Å². The van der Waals surface area contributed by atoms with Crippen LogP contribution in [0.1, 0.15) is 39.0 Å². The quantitative estimate of drug-likeness (QED) is 0.532. The molecule has 0 aromatic heterocycles. The summed E-state index contributed by atoms with van der Waals surface area (Å²) in [6.45, 7) is 4.71. The fourth-order valence-corrected chi connectivity index (χ4v) is 2.67. The monoisotopic (exact) mass is 210 g/mol. The molecule has 1 aliphatic carbocycles. The molecule has 1 N–H and O–H groups in total. The average Bonchev–Trinajstić information content (AvgIpc) is 2.29. The fourth-order valence-electron chi connectivity index (χ4n) is 2.67. The SMILES string of the molecule is CC1CN(C(=N)C2CCCCC2)CCO1. The van der Waals surface area contributed by atoms with Crippen LogP contribution in [-0.4, -0.2) is 36.5 Å². The van der Waals surface area contributed by atoms with Gasteiger partial charge in [0, 0.05) is 19.0 Å². The molecule has 1 saturated heterocycles. The van der Waals surface area contributed by atoms with Gasteiger partial charge in [0.15, 0.2) is 0 Å². The molecule has 15 heavy (non-hydrogen) atoms. The summed E-state index contributed by atoms with van der Waals surface area (Å²) in [5.41, 5.74) is 0. The molecule has 0 radical (unpaired) electrons. The second kappa shape index (κ2) is 4.97. The Labute approximate surface area is 92.3 Å². The molecule has 0 aromatic carbocycles. The summed E-state index contributed by atoms with van der Waals surface area (Å²) in [6, 6.07) is 0. The highest BCUT2D eigenvalue weighted by Crippen LogP contribution is 2.26. The summed E-state index contributed by atoms with van der Waals surface area (Å²) in [4.78, 5) is 2.23. The highest BCUT2D eigenvalue weighted by molar-refractivity contribution is 5.81. The molecule has 3 nitrogen and oxygen atoms in total. The second-order valence-corrected chi connectivity index (χ2v) is 4.85. The number of nitrogens with one attached hydrogen (secondary N) is 1. The van der Waals surface area contributed by atoms with Crippen molar-refractivity contribution in [1.82, 2.24) is 4.90 Å². The van der Waals surface area contributed by atoms with Crippen molar-refractivity contribution < 1.29 is 4.74 Å². The first-order valence-corrected chi connectivity index (χ1v) is 6.22. The first-order chi connectivity index (χ1) is 7.27. The van der Waals surface area contributed by atoms with Crippen LogP contribution in [0.3, 0.4) is 0 Å². The lowest BCUT2D eigenvalue weighted by molar-refractivity contribution is 0.00356. The van der Waals surface area contributed by atoms with E-state index in [0.29, 0.717) is 12.0 Å². The summed E-state index contributed by atoms with van der Waals surface area (Å²) >= 11 is 0. The van der Waals surface area contributed by atoms with Gasteiger partial charge < -0.3 is 9.64 Å². The highest BCUT2D eigenvalue weighted by atomic mass is 16.5. The van der Waals surface area contributed by atoms with Crippen molar-refractivity contribution in [3.05, 3.63) is 0 Å². The van der Waals surface area contributed by atoms with Crippen LogP contribution >= 0.6 is 0 Å². The van der Waals surface area contributed by atoms with Gasteiger partial charge in [0.25, 0.3) is 0 Å². The van der Waals surface area contributed by atoms with Crippen molar-refractivity contribution in [2.45, 2.75) is 45.1 Å². The van der Waals surface area contributed by atoms with Gasteiger partial charge in [0.1, 0.15) is 0 Å². The minimum absolute atomic E-state index is 0.294. The van der Waals surface area contributed by atoms with E-state index in [9.17, 15) is 0 Å². The van der Waals surface area contributed by atoms with Crippen molar-refractivity contribution in [1.29, 1.82) is 5.41 Å². The average molecular weight is 210 g/mol. The van der Waals surface area contributed by atoms with Crippen LogP contribution in [0, 0.1) is 11.3 Å². The number of hydrogen-bond acceptors (Lipinski definition) is 2. The highest BCUT2D eigenvalue weighted by Gasteiger charge is 2.25. The first kappa shape index (κ1) is 10.9. The topological polar surface area (TPSA) is 36.3 Å². The van der Waals surface area contributed by atoms with E-state index in [1.165, 1.54) is 32.1 Å². The molecule has 1 aliphatic heterocycles. The number of nitrogens with zero attached hydrogens (tertiary/aromatic N) is 1. The van der Waals surface area contributed by atoms with Gasteiger partial charge in [-0.15, -0.1) is 0 Å². The standard InChI is InChI=1S/C12H22N2O/c1-10-9-14(7-8-15-10)12(13)11-5-3-2-4-6-11/h10-11,13H,2-9H2,1H3. The van der Waals surface area contributed by atoms with E-state index in [1.54, 1.807) is 0 Å². The molecule has 0 spiro atoms. The number of rotatable bonds is 1. The molecule has 3 heteroatoms. The third-order valence-corrected chi connectivity index (χ3v) is 3.57. The van der Waals surface area contributed by atoms with E-state index in [0.717, 1.165) is 25.5 Å². The lowest BCUT2D eigenvalue weighted by Crippen LogP contribution is -2.46. The maximum absolute atomic E-state index is 8.24. The van der Waals surface area contributed by atoms with Crippen LogP contribution in [0.4, 0.5) is 0 Å². The lowest BCUT2D eigenvalue weighted by Gasteiger charge is -2.36. The van der Waals surface area contributed by atoms with Crippen LogP contribution in [0.5, 0.6) is 0 Å². The van der Waals surface area contributed by atoms with Crippen molar-refractivity contribution in [3.63, 3.8) is 0 Å². The van der Waals surface area contributed by atoms with E-state index < -0.39 is 0 Å². The predicted molar refractivity (Wildman–Crippen MR) is 61.3 cm³/mol. The third-order valence-electron chi connectivity index (χ3n) is 3.57. The largest absolute Gasteiger partial charge is 0.375 e. The molecule has 0 amide bonds. The fraction of sp³-hybridized carbons (Fsp3) is 0.917. The van der Waals surface area contributed by atoms with Gasteiger partial charge in [-0.3, -0.25) is 5.41 Å². The van der Waals surface area contributed by atoms with Crippen LogP contribution in [0.15, 0.2) is 0 Å². The van der Waals surface area contributed by atoms with Crippen molar-refractivity contribution in [3.8, 4) is 0 Å². The Balaban J connectivity index is 1.88. The molecule has 1 atom stereocenters. The minimum Gasteiger partial charge on any atom is -0.375 e. The summed E-state index contributed by atoms with van der Waals surface area (Å²) in [7, 11) is 0. The zero-order valence-corrected chi connectivity index (χ0v) is 9.67. The molecular formula is C12H22N2O. The van der Waals surface area contributed by atoms with Gasteiger partial charge >= 0.3 is 0 Å². The van der Waals surface area contributed by atoms with Crippen LogP contribution in [0.2, 0.25) is 0 Å². The van der Waals surface area contributed by atoms with E-state index in [-0.39, 0.29) is 0 Å². The first-order valence-electron chi connectivity index (χ1n) is 6.22. The molecule has 0 bridgehead atoms. The maximum atomic E-state index is 8.24. The number of morpholine rings is 1. The van der Waals surface area contributed by atoms with Gasteiger partial charge in [-0.1, -0.05) is 19.3 Å². The molecule has 1 saturated carbocycles. The molecule has 0 aromatic rings. The van der Waals surface area contributed by atoms with Crippen LogP contribution in [0.25, 0.3) is 0 Å². The van der Waals surface area contributed by atoms with Crippen LogP contribution in [-0.2, 0) is 4.74 Å². The van der Waals surface area contributed by atoms with Gasteiger partial charge in [0.05, 0.1) is 18.5 Å². The summed E-state index contributed by atoms with van der Waals surface area (Å²) < 4.78 is 5.51. The Morgan fingerprint density at radius 1 is 1.27 bits per heavy atom. The molecule has 2 fully saturated rings. The summed E-state index contributed by atoms with van der Waals surface area (Å²) in [5, 5.41) is 8.24. The third kappa shape index (κ3) is 2.71. The van der Waals surface area contributed by atoms with E-state index in [2.05, 4.69) is 11.8 Å². The van der Waals surface area contributed by atoms with Gasteiger partial charge in [-0.05, 0) is 19.8 Å². The Kier molecular flexibility index (Phi) is 3.62. The molecule has 2 aliphatic rings. The Morgan fingerprint density at radius 2 is 2.00 bits per heavy atom. The van der Waals surface area contributed by atoms with E-state index in [1.807, 2.05) is 0 Å². The summed E-state index contributed by atoms with van der Waals surface area (Å²) in [5.74, 6) is 1.41. The second-order valence-electron chi connectivity index (χ2n) is 4.85. The molecule has 2 rings (SSSR count). The maximum Gasteiger partial charge on any atom is 0.0991 e. The minimum atomic E-state index is 0.294. The Bertz CT molecular complexity index is 224. The van der Waals surface area contributed by atoms with E-state index >= 15 is 0 Å². The zero-order chi connectivity index (χ0) is 10.7. The van der Waals surface area contributed by atoms with Crippen molar-refractivity contribution >= 4 is 5.84 Å². The Hall–Kier alpha value is -0.570. The lowest BCUT2D eigenvalue weighted by atomic mass is 9.88. The smallest absolute Gasteiger partial charge is 0.0991 e. The summed E-state index contributed by atoms with van der Waals surface area (Å²) in [6.07, 6.45) is 6.74. The van der Waals surface area contributed by atoms with E-state index in [4.69, 9.17) is 10.1 Å². The zero-order valence-electron chi connectivity index (χ0n) is 9.67. The van der Waals surface area contributed by atoms with Crippen LogP contribution < -0.4 is 0 Å². The van der Waals surface area contributed by atoms with Gasteiger partial charge in [-0.25, -0.2) is 0 Å². The van der Waals surface area contributed by atoms with Crippen molar-refractivity contribution in [2.24, 2.45) is 5.92 Å². The number of ether oxygens (including phenoxy) is 1. The number of hydrogen-bond donors (Lipinski definition) is 1. The normalized spacial score (nSPS) is 29.1. The predicted octanol–water partition coefficient (Wildman–Crippen LogP) is 2.26. The molecular weight excluding hydrogens is 188 g/mol.